The van der Waals surface area contributed by atoms with Crippen molar-refractivity contribution in [1.82, 2.24) is 9.97 Å². The van der Waals surface area contributed by atoms with Gasteiger partial charge in [0.15, 0.2) is 0 Å². The fraction of sp³-hybridized carbons (Fsp3) is 0.240. The smallest absolute Gasteiger partial charge is 0.258 e. The molecule has 0 fully saturated rings. The van der Waals surface area contributed by atoms with Gasteiger partial charge in [-0.25, -0.2) is 4.39 Å². The summed E-state index contributed by atoms with van der Waals surface area (Å²) in [4.78, 5) is 22.4. The van der Waals surface area contributed by atoms with Crippen molar-refractivity contribution in [2.24, 2.45) is 0 Å². The monoisotopic (exact) mass is 417 g/mol. The highest BCUT2D eigenvalue weighted by atomic mass is 19.1. The number of nitrogens with zero attached hydrogens (tertiary/aromatic N) is 2. The van der Waals surface area contributed by atoms with Crippen LogP contribution in [0.2, 0.25) is 0 Å². The number of ether oxygens (including phenoxy) is 1. The molecular formula is C25H24FN3O2. The Morgan fingerprint density at radius 1 is 1.10 bits per heavy atom. The number of anilines is 1. The van der Waals surface area contributed by atoms with Crippen molar-refractivity contribution in [1.29, 1.82) is 0 Å². The fourth-order valence-corrected chi connectivity index (χ4v) is 3.60. The first-order chi connectivity index (χ1) is 15.0. The summed E-state index contributed by atoms with van der Waals surface area (Å²) in [7, 11) is 0. The zero-order valence-corrected chi connectivity index (χ0v) is 17.6. The largest absolute Gasteiger partial charge is 0.377 e. The van der Waals surface area contributed by atoms with Crippen molar-refractivity contribution < 1.29 is 13.9 Å². The molecule has 2 aromatic heterocycles. The van der Waals surface area contributed by atoms with Crippen molar-refractivity contribution >= 4 is 17.2 Å². The summed E-state index contributed by atoms with van der Waals surface area (Å²) in [6.07, 6.45) is 5.81. The molecule has 1 amide bonds. The van der Waals surface area contributed by atoms with Crippen LogP contribution in [-0.2, 0) is 4.74 Å². The highest BCUT2D eigenvalue weighted by molar-refractivity contribution is 6.11. The number of nitrogens with one attached hydrogen (secondary N) is 1. The van der Waals surface area contributed by atoms with Crippen LogP contribution in [0.25, 0.3) is 16.7 Å². The SMILES string of the molecule is CC(C)c1ccc(NC(=O)c2c(-c3ccccc3F)ccnc2C2=CCOCC2)cn1. The van der Waals surface area contributed by atoms with Gasteiger partial charge in [0.05, 0.1) is 36.4 Å². The summed E-state index contributed by atoms with van der Waals surface area (Å²) >= 11 is 0. The summed E-state index contributed by atoms with van der Waals surface area (Å²) in [5.74, 6) is -0.451. The Hall–Kier alpha value is -3.38. The Morgan fingerprint density at radius 3 is 2.61 bits per heavy atom. The van der Waals surface area contributed by atoms with Gasteiger partial charge in [-0.15, -0.1) is 0 Å². The lowest BCUT2D eigenvalue weighted by Gasteiger charge is -2.19. The Bertz CT molecular complexity index is 1120. The van der Waals surface area contributed by atoms with Crippen LogP contribution in [0, 0.1) is 5.82 Å². The van der Waals surface area contributed by atoms with Crippen LogP contribution in [-0.4, -0.2) is 29.1 Å². The number of benzene rings is 1. The van der Waals surface area contributed by atoms with Crippen molar-refractivity contribution in [2.75, 3.05) is 18.5 Å². The van der Waals surface area contributed by atoms with E-state index in [4.69, 9.17) is 4.74 Å². The van der Waals surface area contributed by atoms with Gasteiger partial charge in [-0.3, -0.25) is 14.8 Å². The minimum atomic E-state index is -0.391. The van der Waals surface area contributed by atoms with Crippen molar-refractivity contribution in [3.05, 3.63) is 83.7 Å². The molecule has 0 saturated heterocycles. The first kappa shape index (κ1) is 20.9. The number of aromatic nitrogens is 2. The highest BCUT2D eigenvalue weighted by Crippen LogP contribution is 2.32. The van der Waals surface area contributed by atoms with E-state index in [9.17, 15) is 9.18 Å². The molecule has 31 heavy (non-hydrogen) atoms. The Labute approximate surface area is 181 Å². The molecule has 158 valence electrons. The zero-order chi connectivity index (χ0) is 21.8. The summed E-state index contributed by atoms with van der Waals surface area (Å²) in [5.41, 5.74) is 4.19. The number of carbonyl (C=O) groups is 1. The second-order valence-corrected chi connectivity index (χ2v) is 7.70. The van der Waals surface area contributed by atoms with Gasteiger partial charge >= 0.3 is 0 Å². The molecule has 1 N–H and O–H groups in total. The van der Waals surface area contributed by atoms with E-state index in [0.717, 1.165) is 11.3 Å². The molecule has 0 saturated carbocycles. The summed E-state index contributed by atoms with van der Waals surface area (Å²) in [6, 6.07) is 11.8. The molecule has 3 heterocycles. The maximum Gasteiger partial charge on any atom is 0.258 e. The van der Waals surface area contributed by atoms with Crippen LogP contribution >= 0.6 is 0 Å². The third-order valence-electron chi connectivity index (χ3n) is 5.25. The minimum Gasteiger partial charge on any atom is -0.377 e. The van der Waals surface area contributed by atoms with Gasteiger partial charge in [-0.05, 0) is 42.2 Å². The lowest BCUT2D eigenvalue weighted by atomic mass is 9.93. The number of rotatable bonds is 5. The Kier molecular flexibility index (Phi) is 6.18. The molecule has 0 spiro atoms. The molecular weight excluding hydrogens is 393 g/mol. The predicted molar refractivity (Wildman–Crippen MR) is 119 cm³/mol. The van der Waals surface area contributed by atoms with Crippen LogP contribution in [0.1, 0.15) is 47.9 Å². The van der Waals surface area contributed by atoms with Gasteiger partial charge in [0.1, 0.15) is 5.82 Å². The molecule has 5 nitrogen and oxygen atoms in total. The van der Waals surface area contributed by atoms with Gasteiger partial charge < -0.3 is 10.1 Å². The van der Waals surface area contributed by atoms with Crippen molar-refractivity contribution in [3.8, 4) is 11.1 Å². The Balaban J connectivity index is 1.79. The highest BCUT2D eigenvalue weighted by Gasteiger charge is 2.23. The number of hydrogen-bond acceptors (Lipinski definition) is 4. The van der Waals surface area contributed by atoms with Crippen LogP contribution < -0.4 is 5.32 Å². The van der Waals surface area contributed by atoms with E-state index < -0.39 is 5.82 Å². The number of carbonyl (C=O) groups excluding carboxylic acids is 1. The van der Waals surface area contributed by atoms with Crippen LogP contribution in [0.4, 0.5) is 10.1 Å². The van der Waals surface area contributed by atoms with Crippen molar-refractivity contribution in [2.45, 2.75) is 26.2 Å². The van der Waals surface area contributed by atoms with Gasteiger partial charge in [0.2, 0.25) is 0 Å². The van der Waals surface area contributed by atoms with E-state index in [2.05, 4.69) is 29.1 Å². The predicted octanol–water partition coefficient (Wildman–Crippen LogP) is 5.46. The van der Waals surface area contributed by atoms with Crippen LogP contribution in [0.15, 0.2) is 60.9 Å². The molecule has 1 aliphatic heterocycles. The molecule has 4 rings (SSSR count). The van der Waals surface area contributed by atoms with Gasteiger partial charge in [-0.1, -0.05) is 38.1 Å². The fourth-order valence-electron chi connectivity index (χ4n) is 3.60. The first-order valence-corrected chi connectivity index (χ1v) is 10.3. The number of pyridine rings is 2. The minimum absolute atomic E-state index is 0.294. The van der Waals surface area contributed by atoms with E-state index in [1.807, 2.05) is 18.2 Å². The van der Waals surface area contributed by atoms with E-state index in [1.54, 1.807) is 36.7 Å². The quantitative estimate of drug-likeness (QED) is 0.599. The van der Waals surface area contributed by atoms with Crippen LogP contribution in [0.5, 0.6) is 0 Å². The normalized spacial score (nSPS) is 13.7. The molecule has 1 aliphatic rings. The van der Waals surface area contributed by atoms with Gasteiger partial charge in [0.25, 0.3) is 5.91 Å². The second-order valence-electron chi connectivity index (χ2n) is 7.70. The maximum absolute atomic E-state index is 14.6. The molecule has 0 unspecified atom stereocenters. The first-order valence-electron chi connectivity index (χ1n) is 10.3. The lowest BCUT2D eigenvalue weighted by molar-refractivity contribution is 0.102. The van der Waals surface area contributed by atoms with E-state index in [-0.39, 0.29) is 5.91 Å². The summed E-state index contributed by atoms with van der Waals surface area (Å²) < 4.78 is 20.1. The molecule has 0 aliphatic carbocycles. The molecule has 0 atom stereocenters. The Morgan fingerprint density at radius 2 is 1.94 bits per heavy atom. The molecule has 6 heteroatoms. The van der Waals surface area contributed by atoms with Gasteiger partial charge in [0, 0.05) is 23.0 Å². The summed E-state index contributed by atoms with van der Waals surface area (Å²) in [6.45, 7) is 5.14. The number of halogens is 1. The summed E-state index contributed by atoms with van der Waals surface area (Å²) in [5, 5.41) is 2.91. The van der Waals surface area contributed by atoms with Gasteiger partial charge in [-0.2, -0.15) is 0 Å². The van der Waals surface area contributed by atoms with Crippen LogP contribution in [0.3, 0.4) is 0 Å². The molecule has 3 aromatic rings. The zero-order valence-electron chi connectivity index (χ0n) is 17.6. The van der Waals surface area contributed by atoms with E-state index in [1.165, 1.54) is 6.07 Å². The number of hydrogen-bond donors (Lipinski definition) is 1. The van der Waals surface area contributed by atoms with Crippen molar-refractivity contribution in [3.63, 3.8) is 0 Å². The van der Waals surface area contributed by atoms with E-state index >= 15 is 0 Å². The average Bonchev–Trinajstić information content (AvgIpc) is 2.80. The third kappa shape index (κ3) is 4.54. The number of amides is 1. The molecule has 1 aromatic carbocycles. The second kappa shape index (κ2) is 9.18. The standard InChI is InChI=1S/C25H24FN3O2/c1-16(2)22-8-7-18(15-28-22)29-25(30)23-20(19-5-3-4-6-21(19)26)9-12-27-24(23)17-10-13-31-14-11-17/h3-10,12,15-16H,11,13-14H2,1-2H3,(H,29,30). The molecule has 0 radical (unpaired) electrons. The topological polar surface area (TPSA) is 64.1 Å². The maximum atomic E-state index is 14.6. The average molecular weight is 417 g/mol. The lowest BCUT2D eigenvalue weighted by Crippen LogP contribution is -2.18. The molecule has 0 bridgehead atoms. The van der Waals surface area contributed by atoms with E-state index in [0.29, 0.717) is 53.6 Å². The third-order valence-corrected chi connectivity index (χ3v) is 5.25.